The van der Waals surface area contributed by atoms with Crippen LogP contribution >= 0.6 is 0 Å². The van der Waals surface area contributed by atoms with Gasteiger partial charge in [0, 0.05) is 6.04 Å². The van der Waals surface area contributed by atoms with E-state index >= 15 is 0 Å². The minimum Gasteiger partial charge on any atom is -0.379 e. The van der Waals surface area contributed by atoms with Crippen molar-refractivity contribution >= 4 is 11.9 Å². The van der Waals surface area contributed by atoms with Crippen LogP contribution in [0, 0.1) is 5.92 Å². The van der Waals surface area contributed by atoms with E-state index in [0.717, 1.165) is 5.57 Å². The van der Waals surface area contributed by atoms with Crippen molar-refractivity contribution in [2.45, 2.75) is 52.0 Å². The van der Waals surface area contributed by atoms with Crippen LogP contribution in [0.4, 0.5) is 13.2 Å². The highest BCUT2D eigenvalue weighted by Gasteiger charge is 2.52. The van der Waals surface area contributed by atoms with Crippen LogP contribution in [0.1, 0.15) is 46.0 Å². The second kappa shape index (κ2) is 6.06. The molecule has 0 spiro atoms. The highest BCUT2D eigenvalue weighted by atomic mass is 19.3. The molecule has 0 N–H and O–H groups in total. The van der Waals surface area contributed by atoms with E-state index in [2.05, 4.69) is 4.98 Å². The lowest BCUT2D eigenvalue weighted by molar-refractivity contribution is -0.139. The summed E-state index contributed by atoms with van der Waals surface area (Å²) in [5, 5.41) is 0.762. The normalized spacial score (nSPS) is 19.9. The lowest BCUT2D eigenvalue weighted by Crippen LogP contribution is -2.54. The molecule has 0 bridgehead atoms. The molecule has 1 aliphatic heterocycles. The zero-order valence-corrected chi connectivity index (χ0v) is 14.4. The highest BCUT2D eigenvalue weighted by Crippen LogP contribution is 2.37. The van der Waals surface area contributed by atoms with Gasteiger partial charge < -0.3 is 9.30 Å². The first kappa shape index (κ1) is 17.3. The first-order valence-corrected chi connectivity index (χ1v) is 8.33. The summed E-state index contributed by atoms with van der Waals surface area (Å²) >= 11 is 0. The van der Waals surface area contributed by atoms with E-state index in [1.165, 1.54) is 6.08 Å². The zero-order valence-electron chi connectivity index (χ0n) is 14.4. The van der Waals surface area contributed by atoms with Gasteiger partial charge >= 0.3 is 0 Å². The monoisotopic (exact) mass is 340 g/mol. The number of halogens is 3. The molecular weight excluding hydrogens is 317 g/mol. The van der Waals surface area contributed by atoms with Crippen molar-refractivity contribution in [1.82, 2.24) is 9.55 Å². The summed E-state index contributed by atoms with van der Waals surface area (Å²) < 4.78 is 49.0. The van der Waals surface area contributed by atoms with Crippen LogP contribution in [0.15, 0.2) is 11.6 Å². The molecule has 1 fully saturated rings. The first-order chi connectivity index (χ1) is 11.3. The van der Waals surface area contributed by atoms with E-state index < -0.39 is 17.7 Å². The Bertz CT molecular complexity index is 786. The number of nitrogens with zero attached hydrogens (tertiary/aromatic N) is 2. The van der Waals surface area contributed by atoms with Crippen molar-refractivity contribution in [2.75, 3.05) is 13.2 Å². The van der Waals surface area contributed by atoms with Crippen LogP contribution in [0.2, 0.25) is 0 Å². The predicted octanol–water partition coefficient (Wildman–Crippen LogP) is 2.84. The Morgan fingerprint density at radius 3 is 2.33 bits per heavy atom. The average Bonchev–Trinajstić information content (AvgIpc) is 2.73. The summed E-state index contributed by atoms with van der Waals surface area (Å²) in [7, 11) is 0. The summed E-state index contributed by atoms with van der Waals surface area (Å²) in [6, 6.07) is -0.0999. The van der Waals surface area contributed by atoms with Crippen molar-refractivity contribution in [3.63, 3.8) is 0 Å². The van der Waals surface area contributed by atoms with Gasteiger partial charge in [0.2, 0.25) is 0 Å². The minimum atomic E-state index is -2.60. The van der Waals surface area contributed by atoms with Crippen molar-refractivity contribution in [1.29, 1.82) is 0 Å². The number of ether oxygens (including phenoxy) is 1. The van der Waals surface area contributed by atoms with Gasteiger partial charge in [-0.25, -0.2) is 18.2 Å². The van der Waals surface area contributed by atoms with Crippen LogP contribution < -0.4 is 10.7 Å². The molecular formula is C18H23F3N2O. The quantitative estimate of drug-likeness (QED) is 0.843. The summed E-state index contributed by atoms with van der Waals surface area (Å²) in [5.41, 5.74) is -0.465. The van der Waals surface area contributed by atoms with Gasteiger partial charge in [0.05, 0.1) is 18.6 Å². The fourth-order valence-electron chi connectivity index (χ4n) is 3.27. The maximum atomic E-state index is 14.7. The van der Waals surface area contributed by atoms with E-state index in [0.29, 0.717) is 11.8 Å². The van der Waals surface area contributed by atoms with E-state index in [-0.39, 0.29) is 36.3 Å². The third-order valence-corrected chi connectivity index (χ3v) is 4.86. The van der Waals surface area contributed by atoms with Crippen molar-refractivity contribution < 1.29 is 17.9 Å². The van der Waals surface area contributed by atoms with Crippen molar-refractivity contribution in [2.24, 2.45) is 5.92 Å². The number of hydrogen-bond acceptors (Lipinski definition) is 2. The van der Waals surface area contributed by atoms with E-state index in [1.807, 2.05) is 33.8 Å². The summed E-state index contributed by atoms with van der Waals surface area (Å²) in [5.74, 6) is -0.000259. The van der Waals surface area contributed by atoms with Crippen molar-refractivity contribution in [3.05, 3.63) is 28.2 Å². The number of rotatable bonds is 4. The molecule has 1 saturated heterocycles. The molecule has 6 heteroatoms. The number of hydrogen-bond donors (Lipinski definition) is 0. The van der Waals surface area contributed by atoms with E-state index in [4.69, 9.17) is 4.74 Å². The van der Waals surface area contributed by atoms with Crippen molar-refractivity contribution in [3.8, 4) is 0 Å². The van der Waals surface area contributed by atoms with Crippen LogP contribution in [-0.4, -0.2) is 29.2 Å². The molecule has 132 valence electrons. The summed E-state index contributed by atoms with van der Waals surface area (Å²) in [6.45, 7) is 7.66. The SMILES string of the molecule is CC(C)C1=CC(F)=c2nc(C3(C(F)F)COC3)n(C(C)C)c2=CC1. The highest BCUT2D eigenvalue weighted by molar-refractivity contribution is 5.54. The minimum absolute atomic E-state index is 0.0814. The predicted molar refractivity (Wildman–Crippen MR) is 86.9 cm³/mol. The molecule has 24 heavy (non-hydrogen) atoms. The maximum absolute atomic E-state index is 14.7. The molecule has 2 heterocycles. The Kier molecular flexibility index (Phi) is 4.36. The second-order valence-corrected chi connectivity index (χ2v) is 7.21. The van der Waals surface area contributed by atoms with Gasteiger partial charge in [-0.3, -0.25) is 0 Å². The summed E-state index contributed by atoms with van der Waals surface area (Å²) in [6.07, 6.45) is 1.40. The Morgan fingerprint density at radius 2 is 1.88 bits per heavy atom. The number of alkyl halides is 2. The third kappa shape index (κ3) is 2.51. The van der Waals surface area contributed by atoms with Gasteiger partial charge in [-0.2, -0.15) is 0 Å². The van der Waals surface area contributed by atoms with Gasteiger partial charge in [0.25, 0.3) is 6.43 Å². The second-order valence-electron chi connectivity index (χ2n) is 7.21. The summed E-state index contributed by atoms with van der Waals surface area (Å²) in [4.78, 5) is 4.34. The van der Waals surface area contributed by atoms with E-state index in [9.17, 15) is 13.2 Å². The Hall–Kier alpha value is -1.56. The van der Waals surface area contributed by atoms with Gasteiger partial charge in [-0.15, -0.1) is 0 Å². The van der Waals surface area contributed by atoms with Gasteiger partial charge in [0.15, 0.2) is 5.83 Å². The van der Waals surface area contributed by atoms with Crippen LogP contribution in [0.25, 0.3) is 11.9 Å². The van der Waals surface area contributed by atoms with Gasteiger partial charge in [-0.05, 0) is 32.3 Å². The molecule has 0 radical (unpaired) electrons. The fourth-order valence-corrected chi connectivity index (χ4v) is 3.27. The van der Waals surface area contributed by atoms with Gasteiger partial charge in [0.1, 0.15) is 16.6 Å². The third-order valence-electron chi connectivity index (χ3n) is 4.86. The lowest BCUT2D eigenvalue weighted by atomic mass is 9.85. The molecule has 0 aromatic carbocycles. The van der Waals surface area contributed by atoms with Crippen LogP contribution in [0.3, 0.4) is 0 Å². The molecule has 0 unspecified atom stereocenters. The lowest BCUT2D eigenvalue weighted by Gasteiger charge is -2.40. The topological polar surface area (TPSA) is 27.1 Å². The smallest absolute Gasteiger partial charge is 0.255 e. The molecule has 1 aromatic heterocycles. The molecule has 0 saturated carbocycles. The Labute approximate surface area is 139 Å². The maximum Gasteiger partial charge on any atom is 0.255 e. The Balaban J connectivity index is 2.28. The Morgan fingerprint density at radius 1 is 1.21 bits per heavy atom. The van der Waals surface area contributed by atoms with Crippen LogP contribution in [-0.2, 0) is 10.2 Å². The molecule has 1 aliphatic carbocycles. The zero-order chi connectivity index (χ0) is 17.6. The number of allylic oxidation sites excluding steroid dienone is 2. The number of fused-ring (bicyclic) bond motifs is 1. The fraction of sp³-hybridized carbons (Fsp3) is 0.611. The molecule has 2 aliphatic rings. The van der Waals surface area contributed by atoms with E-state index in [1.54, 1.807) is 4.57 Å². The largest absolute Gasteiger partial charge is 0.379 e. The molecule has 1 aromatic rings. The van der Waals surface area contributed by atoms with Gasteiger partial charge in [-0.1, -0.05) is 25.5 Å². The van der Waals surface area contributed by atoms with Crippen LogP contribution in [0.5, 0.6) is 0 Å². The average molecular weight is 340 g/mol. The molecule has 3 rings (SSSR count). The molecule has 3 nitrogen and oxygen atoms in total. The standard InChI is InChI=1S/C18H23F3N2O/c1-10(2)12-5-6-14-15(13(19)7-12)22-17(23(14)11(3)4)18(16(20)21)8-24-9-18/h6-7,10-11,16H,5,8-9H2,1-4H3. The number of imidazole rings is 1. The molecule has 0 amide bonds. The first-order valence-electron chi connectivity index (χ1n) is 8.33. The molecule has 0 atom stereocenters. The number of aromatic nitrogens is 2.